The van der Waals surface area contributed by atoms with E-state index in [0.717, 1.165) is 50.7 Å². The summed E-state index contributed by atoms with van der Waals surface area (Å²) in [5.74, 6) is 2.84. The second-order valence-corrected chi connectivity index (χ2v) is 11.0. The molecule has 0 aromatic rings. The first-order chi connectivity index (χ1) is 14.2. The largest absolute Gasteiger partial charge is 0.394 e. The summed E-state index contributed by atoms with van der Waals surface area (Å²) in [5, 5.41) is 7.75. The van der Waals surface area contributed by atoms with Crippen molar-refractivity contribution in [1.29, 1.82) is 0 Å². The van der Waals surface area contributed by atoms with Crippen molar-refractivity contribution in [2.24, 2.45) is 51.3 Å². The van der Waals surface area contributed by atoms with Gasteiger partial charge in [-0.05, 0) is 73.5 Å². The van der Waals surface area contributed by atoms with Crippen molar-refractivity contribution in [3.05, 3.63) is 0 Å². The van der Waals surface area contributed by atoms with Crippen LogP contribution in [0.2, 0.25) is 0 Å². The minimum absolute atomic E-state index is 0. The van der Waals surface area contributed by atoms with Crippen molar-refractivity contribution in [3.8, 4) is 0 Å². The molecule has 4 fully saturated rings. The van der Waals surface area contributed by atoms with E-state index in [9.17, 15) is 9.59 Å². The number of carbonyl (C=O) groups excluding carboxylic acids is 2. The van der Waals surface area contributed by atoms with Gasteiger partial charge in [0.15, 0.2) is 0 Å². The highest BCUT2D eigenvalue weighted by atomic mass is 35.5. The first-order valence-electron chi connectivity index (χ1n) is 11.9. The molecule has 0 radical (unpaired) electrons. The van der Waals surface area contributed by atoms with Gasteiger partial charge >= 0.3 is 0 Å². The fourth-order valence-corrected chi connectivity index (χ4v) is 8.01. The average Bonchev–Trinajstić information content (AvgIpc) is 2.97. The number of ketones is 1. The van der Waals surface area contributed by atoms with E-state index in [1.54, 1.807) is 6.92 Å². The Morgan fingerprint density at radius 3 is 2.68 bits per heavy atom. The maximum absolute atomic E-state index is 12.7. The zero-order chi connectivity index (χ0) is 21.7. The van der Waals surface area contributed by atoms with Gasteiger partial charge in [0.1, 0.15) is 12.4 Å². The van der Waals surface area contributed by atoms with E-state index in [4.69, 9.17) is 10.6 Å². The second kappa shape index (κ2) is 9.01. The molecule has 0 aliphatic heterocycles. The van der Waals surface area contributed by atoms with Crippen molar-refractivity contribution >= 4 is 29.8 Å². The predicted octanol–water partition coefficient (Wildman–Crippen LogP) is 3.71. The topological polar surface area (TPSA) is 93.8 Å². The van der Waals surface area contributed by atoms with E-state index >= 15 is 0 Å². The lowest BCUT2D eigenvalue weighted by atomic mass is 9.43. The Labute approximate surface area is 192 Å². The van der Waals surface area contributed by atoms with Crippen LogP contribution >= 0.6 is 12.4 Å². The summed E-state index contributed by atoms with van der Waals surface area (Å²) < 4.78 is 0. The Kier molecular flexibility index (Phi) is 7.12. The zero-order valence-electron chi connectivity index (χ0n) is 19.5. The molecule has 7 heteroatoms. The SMILES string of the molecule is CC(=O)N[C@H]1C[C@@H]2[C@H](CC[C@]3(C)C(=O)CC[C@@H]23)[C@@]2(C)CC(C)C(=NOCCN)CC12.Cl. The summed E-state index contributed by atoms with van der Waals surface area (Å²) in [6.07, 6.45) is 6.85. The van der Waals surface area contributed by atoms with Gasteiger partial charge in [-0.3, -0.25) is 9.59 Å². The molecule has 0 spiro atoms. The van der Waals surface area contributed by atoms with Gasteiger partial charge in [-0.1, -0.05) is 25.9 Å². The monoisotopic (exact) mass is 453 g/mol. The van der Waals surface area contributed by atoms with Gasteiger partial charge in [-0.25, -0.2) is 0 Å². The zero-order valence-corrected chi connectivity index (χ0v) is 20.3. The van der Waals surface area contributed by atoms with E-state index in [-0.39, 0.29) is 35.2 Å². The Hall–Kier alpha value is -1.14. The number of nitrogens with zero attached hydrogens (tertiary/aromatic N) is 1. The van der Waals surface area contributed by atoms with Gasteiger partial charge < -0.3 is 15.9 Å². The average molecular weight is 454 g/mol. The molecule has 31 heavy (non-hydrogen) atoms. The maximum Gasteiger partial charge on any atom is 0.217 e. The van der Waals surface area contributed by atoms with E-state index in [2.05, 4.69) is 31.2 Å². The van der Waals surface area contributed by atoms with Crippen molar-refractivity contribution in [1.82, 2.24) is 5.32 Å². The Morgan fingerprint density at radius 2 is 2.00 bits per heavy atom. The van der Waals surface area contributed by atoms with Crippen LogP contribution in [0.25, 0.3) is 0 Å². The quantitative estimate of drug-likeness (QED) is 0.501. The number of hydrogen-bond donors (Lipinski definition) is 2. The number of rotatable bonds is 4. The third-order valence-electron chi connectivity index (χ3n) is 9.38. The van der Waals surface area contributed by atoms with Gasteiger partial charge in [0.25, 0.3) is 0 Å². The molecule has 8 atom stereocenters. The van der Waals surface area contributed by atoms with Gasteiger partial charge in [0, 0.05) is 31.3 Å². The minimum Gasteiger partial charge on any atom is -0.394 e. The Morgan fingerprint density at radius 1 is 1.26 bits per heavy atom. The number of carbonyl (C=O) groups is 2. The van der Waals surface area contributed by atoms with E-state index in [1.165, 1.54) is 0 Å². The summed E-state index contributed by atoms with van der Waals surface area (Å²) in [4.78, 5) is 30.3. The van der Waals surface area contributed by atoms with E-state index < -0.39 is 0 Å². The van der Waals surface area contributed by atoms with Crippen LogP contribution in [0.15, 0.2) is 5.16 Å². The van der Waals surface area contributed by atoms with E-state index in [1.807, 2.05) is 0 Å². The summed E-state index contributed by atoms with van der Waals surface area (Å²) in [6, 6.07) is 0.138. The predicted molar refractivity (Wildman–Crippen MR) is 124 cm³/mol. The number of oxime groups is 1. The molecule has 1 amide bonds. The van der Waals surface area contributed by atoms with Crippen LogP contribution < -0.4 is 11.1 Å². The lowest BCUT2D eigenvalue weighted by Gasteiger charge is -2.62. The van der Waals surface area contributed by atoms with Crippen molar-refractivity contribution in [2.45, 2.75) is 78.7 Å². The molecular weight excluding hydrogens is 414 g/mol. The summed E-state index contributed by atoms with van der Waals surface area (Å²) in [6.45, 7) is 9.45. The number of nitrogens with two attached hydrogens (primary N) is 1. The standard InChI is InChI=1S/C24H39N3O3.ClH/c1-14-13-24(4)18-7-8-23(3)17(5-6-22(23)29)16(18)11-21(26-15(2)28)19(24)12-20(14)27-30-10-9-25;/h14,16-19,21H,5-13,25H2,1-4H3,(H,26,28);1H/t14?,16-,17-,18-,19?,21-,23-,24+;/m0./s1. The number of Topliss-reactive ketones (excluding diaryl/α,β-unsaturated/α-hetero) is 1. The van der Waals surface area contributed by atoms with Crippen LogP contribution in [-0.2, 0) is 14.4 Å². The van der Waals surface area contributed by atoms with Crippen LogP contribution in [0, 0.1) is 40.4 Å². The van der Waals surface area contributed by atoms with Gasteiger partial charge in [-0.15, -0.1) is 12.4 Å². The smallest absolute Gasteiger partial charge is 0.217 e. The molecule has 2 unspecified atom stereocenters. The molecule has 0 aromatic carbocycles. The normalized spacial score (nSPS) is 45.2. The minimum atomic E-state index is -0.145. The van der Waals surface area contributed by atoms with Crippen LogP contribution in [0.5, 0.6) is 0 Å². The lowest BCUT2D eigenvalue weighted by Crippen LogP contribution is -2.62. The highest BCUT2D eigenvalue weighted by Crippen LogP contribution is 2.65. The molecule has 0 heterocycles. The summed E-state index contributed by atoms with van der Waals surface area (Å²) in [7, 11) is 0. The van der Waals surface area contributed by atoms with Crippen LogP contribution in [0.4, 0.5) is 0 Å². The van der Waals surface area contributed by atoms with Crippen LogP contribution in [-0.4, -0.2) is 36.6 Å². The van der Waals surface area contributed by atoms with Gasteiger partial charge in [0.2, 0.25) is 5.91 Å². The fraction of sp³-hybridized carbons (Fsp3) is 0.875. The number of fused-ring (bicyclic) bond motifs is 5. The molecule has 3 N–H and O–H groups in total. The first kappa shape index (κ1) is 24.5. The van der Waals surface area contributed by atoms with Crippen molar-refractivity contribution in [3.63, 3.8) is 0 Å². The Balaban J connectivity index is 0.00000272. The molecular formula is C24H40ClN3O3. The van der Waals surface area contributed by atoms with Gasteiger partial charge in [0.05, 0.1) is 5.71 Å². The number of amides is 1. The third-order valence-corrected chi connectivity index (χ3v) is 9.38. The number of hydrogen-bond acceptors (Lipinski definition) is 5. The highest BCUT2D eigenvalue weighted by molar-refractivity contribution is 5.88. The van der Waals surface area contributed by atoms with Gasteiger partial charge in [-0.2, -0.15) is 0 Å². The molecule has 0 aromatic heterocycles. The Bertz CT molecular complexity index is 744. The highest BCUT2D eigenvalue weighted by Gasteiger charge is 2.62. The van der Waals surface area contributed by atoms with Crippen LogP contribution in [0.1, 0.15) is 72.6 Å². The maximum atomic E-state index is 12.7. The fourth-order valence-electron chi connectivity index (χ4n) is 8.01. The summed E-state index contributed by atoms with van der Waals surface area (Å²) >= 11 is 0. The molecule has 4 saturated carbocycles. The summed E-state index contributed by atoms with van der Waals surface area (Å²) in [5.41, 5.74) is 6.66. The molecule has 176 valence electrons. The molecule has 4 aliphatic carbocycles. The molecule has 0 bridgehead atoms. The first-order valence-corrected chi connectivity index (χ1v) is 11.9. The van der Waals surface area contributed by atoms with Crippen molar-refractivity contribution < 1.29 is 14.4 Å². The number of halogens is 1. The van der Waals surface area contributed by atoms with Crippen molar-refractivity contribution in [2.75, 3.05) is 13.2 Å². The molecule has 4 aliphatic rings. The number of nitrogens with one attached hydrogen (secondary N) is 1. The molecule has 6 nitrogen and oxygen atoms in total. The molecule has 4 rings (SSSR count). The van der Waals surface area contributed by atoms with E-state index in [0.29, 0.717) is 48.5 Å². The third kappa shape index (κ3) is 4.03. The second-order valence-electron chi connectivity index (χ2n) is 11.0. The van der Waals surface area contributed by atoms with Crippen LogP contribution in [0.3, 0.4) is 0 Å². The lowest BCUT2D eigenvalue weighted by molar-refractivity contribution is -0.142. The molecule has 0 saturated heterocycles.